The van der Waals surface area contributed by atoms with Crippen LogP contribution in [0.5, 0.6) is 5.75 Å². The van der Waals surface area contributed by atoms with E-state index in [0.29, 0.717) is 43.3 Å². The number of hydrogen-bond donors (Lipinski definition) is 1. The number of rotatable bonds is 6. The molecule has 0 spiro atoms. The molecule has 3 amide bonds. The number of carbonyl (C=O) groups is 2. The molecule has 1 fully saturated rings. The molecule has 1 aromatic carbocycles. The van der Waals surface area contributed by atoms with Gasteiger partial charge in [-0.25, -0.2) is 4.79 Å². The zero-order valence-electron chi connectivity index (χ0n) is 14.8. The fourth-order valence-electron chi connectivity index (χ4n) is 2.77. The smallest absolute Gasteiger partial charge is 0.319 e. The number of ether oxygens (including phenoxy) is 1. The molecular weight excluding hydrogens is 342 g/mol. The lowest BCUT2D eigenvalue weighted by Crippen LogP contribution is -2.49. The van der Waals surface area contributed by atoms with Gasteiger partial charge in [0, 0.05) is 39.6 Å². The van der Waals surface area contributed by atoms with Crippen LogP contribution in [0.15, 0.2) is 24.3 Å². The fourth-order valence-corrected chi connectivity index (χ4v) is 2.96. The van der Waals surface area contributed by atoms with Crippen molar-refractivity contribution in [3.8, 4) is 5.75 Å². The van der Waals surface area contributed by atoms with Gasteiger partial charge in [0.05, 0.1) is 11.6 Å². The van der Waals surface area contributed by atoms with Gasteiger partial charge in [-0.1, -0.05) is 23.7 Å². The first-order valence-corrected chi connectivity index (χ1v) is 8.98. The number of para-hydroxylation sites is 1. The summed E-state index contributed by atoms with van der Waals surface area (Å²) in [7, 11) is 3.50. The second kappa shape index (κ2) is 9.51. The lowest BCUT2D eigenvalue weighted by molar-refractivity contribution is -0.122. The summed E-state index contributed by atoms with van der Waals surface area (Å²) >= 11 is 6.01. The van der Waals surface area contributed by atoms with Crippen molar-refractivity contribution < 1.29 is 14.3 Å². The van der Waals surface area contributed by atoms with Gasteiger partial charge in [0.25, 0.3) is 0 Å². The molecule has 0 radical (unpaired) electrons. The average Bonchev–Trinajstić information content (AvgIpc) is 2.60. The third-order valence-electron chi connectivity index (χ3n) is 4.16. The van der Waals surface area contributed by atoms with Gasteiger partial charge in [0.1, 0.15) is 5.75 Å². The number of urea groups is 1. The maximum Gasteiger partial charge on any atom is 0.319 e. The Kier molecular flexibility index (Phi) is 7.37. The van der Waals surface area contributed by atoms with Gasteiger partial charge < -0.3 is 19.9 Å². The molecule has 25 heavy (non-hydrogen) atoms. The van der Waals surface area contributed by atoms with Crippen LogP contribution in [0.1, 0.15) is 25.7 Å². The summed E-state index contributed by atoms with van der Waals surface area (Å²) < 4.78 is 5.58. The number of benzene rings is 1. The van der Waals surface area contributed by atoms with E-state index in [1.54, 1.807) is 25.1 Å². The molecule has 1 N–H and O–H groups in total. The monoisotopic (exact) mass is 367 g/mol. The van der Waals surface area contributed by atoms with Crippen LogP contribution in [-0.4, -0.2) is 61.6 Å². The minimum atomic E-state index is 0.0279. The van der Waals surface area contributed by atoms with Gasteiger partial charge in [0.2, 0.25) is 5.91 Å². The first-order valence-electron chi connectivity index (χ1n) is 8.60. The number of amides is 3. The molecule has 0 atom stereocenters. The Bertz CT molecular complexity index is 587. The molecule has 0 saturated carbocycles. The first-order chi connectivity index (χ1) is 12.0. The maximum absolute atomic E-state index is 12.0. The molecule has 1 aromatic rings. The van der Waals surface area contributed by atoms with Crippen molar-refractivity contribution in [3.05, 3.63) is 29.3 Å². The van der Waals surface area contributed by atoms with E-state index in [2.05, 4.69) is 5.32 Å². The van der Waals surface area contributed by atoms with Crippen molar-refractivity contribution in [3.63, 3.8) is 0 Å². The van der Waals surface area contributed by atoms with Gasteiger partial charge >= 0.3 is 6.03 Å². The summed E-state index contributed by atoms with van der Waals surface area (Å²) in [5.74, 6) is 0.669. The predicted octanol–water partition coefficient (Wildman–Crippen LogP) is 2.76. The number of likely N-dealkylation sites (tertiary alicyclic amines) is 1. The molecule has 0 unspecified atom stereocenters. The standard InChI is InChI=1S/C18H26ClN3O3/c1-21(2)18(24)22-11-9-14(10-12-22)20-17(23)8-5-13-25-16-7-4-3-6-15(16)19/h3-4,6-7,14H,5,8-13H2,1-2H3,(H,20,23). The van der Waals surface area contributed by atoms with Crippen LogP contribution in [0.25, 0.3) is 0 Å². The highest BCUT2D eigenvalue weighted by atomic mass is 35.5. The van der Waals surface area contributed by atoms with Gasteiger partial charge in [-0.2, -0.15) is 0 Å². The van der Waals surface area contributed by atoms with Crippen LogP contribution in [0.3, 0.4) is 0 Å². The zero-order valence-corrected chi connectivity index (χ0v) is 15.6. The van der Waals surface area contributed by atoms with Crippen molar-refractivity contribution in [2.24, 2.45) is 0 Å². The van der Waals surface area contributed by atoms with E-state index in [9.17, 15) is 9.59 Å². The Balaban J connectivity index is 1.61. The molecule has 6 nitrogen and oxygen atoms in total. The Labute approximate surface area is 154 Å². The molecule has 1 saturated heterocycles. The van der Waals surface area contributed by atoms with Crippen LogP contribution in [0.2, 0.25) is 5.02 Å². The molecule has 0 aromatic heterocycles. The van der Waals surface area contributed by atoms with Gasteiger partial charge in [-0.3, -0.25) is 4.79 Å². The lowest BCUT2D eigenvalue weighted by atomic mass is 10.0. The minimum Gasteiger partial charge on any atom is -0.492 e. The van der Waals surface area contributed by atoms with E-state index < -0.39 is 0 Å². The van der Waals surface area contributed by atoms with Gasteiger partial charge in [-0.05, 0) is 31.4 Å². The molecule has 0 bridgehead atoms. The number of nitrogens with zero attached hydrogens (tertiary/aromatic N) is 2. The Morgan fingerprint density at radius 2 is 1.96 bits per heavy atom. The highest BCUT2D eigenvalue weighted by Gasteiger charge is 2.24. The first kappa shape index (κ1) is 19.4. The largest absolute Gasteiger partial charge is 0.492 e. The van der Waals surface area contributed by atoms with E-state index in [4.69, 9.17) is 16.3 Å². The van der Waals surface area contributed by atoms with E-state index >= 15 is 0 Å². The Morgan fingerprint density at radius 1 is 1.28 bits per heavy atom. The van der Waals surface area contributed by atoms with Crippen LogP contribution >= 0.6 is 11.6 Å². The summed E-state index contributed by atoms with van der Waals surface area (Å²) in [6, 6.07) is 7.47. The molecule has 1 aliphatic heterocycles. The molecule has 7 heteroatoms. The van der Waals surface area contributed by atoms with E-state index in [1.807, 2.05) is 23.1 Å². The lowest BCUT2D eigenvalue weighted by Gasteiger charge is -2.33. The van der Waals surface area contributed by atoms with Crippen LogP contribution < -0.4 is 10.1 Å². The molecule has 1 heterocycles. The number of hydrogen-bond acceptors (Lipinski definition) is 3. The van der Waals surface area contributed by atoms with Gasteiger partial charge in [-0.15, -0.1) is 0 Å². The highest BCUT2D eigenvalue weighted by molar-refractivity contribution is 6.32. The van der Waals surface area contributed by atoms with Crippen molar-refractivity contribution in [1.82, 2.24) is 15.1 Å². The van der Waals surface area contributed by atoms with Crippen LogP contribution in [-0.2, 0) is 4.79 Å². The number of piperidine rings is 1. The minimum absolute atomic E-state index is 0.0279. The SMILES string of the molecule is CN(C)C(=O)N1CCC(NC(=O)CCCOc2ccccc2Cl)CC1. The quantitative estimate of drug-likeness (QED) is 0.786. The third kappa shape index (κ3) is 6.12. The van der Waals surface area contributed by atoms with Gasteiger partial charge in [0.15, 0.2) is 0 Å². The highest BCUT2D eigenvalue weighted by Crippen LogP contribution is 2.23. The summed E-state index contributed by atoms with van der Waals surface area (Å²) in [5, 5.41) is 3.62. The summed E-state index contributed by atoms with van der Waals surface area (Å²) in [5.41, 5.74) is 0. The van der Waals surface area contributed by atoms with Crippen molar-refractivity contribution in [2.75, 3.05) is 33.8 Å². The van der Waals surface area contributed by atoms with Crippen molar-refractivity contribution >= 4 is 23.5 Å². The van der Waals surface area contributed by atoms with Crippen LogP contribution in [0, 0.1) is 0 Å². The average molecular weight is 368 g/mol. The molecule has 0 aliphatic carbocycles. The Morgan fingerprint density at radius 3 is 2.60 bits per heavy atom. The van der Waals surface area contributed by atoms with Crippen molar-refractivity contribution in [2.45, 2.75) is 31.7 Å². The predicted molar refractivity (Wildman–Crippen MR) is 98.0 cm³/mol. The zero-order chi connectivity index (χ0) is 18.2. The molecule has 138 valence electrons. The molecular formula is C18H26ClN3O3. The number of nitrogens with one attached hydrogen (secondary N) is 1. The number of carbonyl (C=O) groups excluding carboxylic acids is 2. The second-order valence-corrected chi connectivity index (χ2v) is 6.80. The van der Waals surface area contributed by atoms with E-state index in [0.717, 1.165) is 12.8 Å². The fraction of sp³-hybridized carbons (Fsp3) is 0.556. The normalized spacial score (nSPS) is 14.9. The maximum atomic E-state index is 12.0. The Hall–Kier alpha value is -1.95. The topological polar surface area (TPSA) is 61.9 Å². The molecule has 1 aliphatic rings. The summed E-state index contributed by atoms with van der Waals surface area (Å²) in [6.45, 7) is 1.81. The number of halogens is 1. The summed E-state index contributed by atoms with van der Waals surface area (Å²) in [4.78, 5) is 27.3. The molecule has 2 rings (SSSR count). The van der Waals surface area contributed by atoms with Crippen molar-refractivity contribution in [1.29, 1.82) is 0 Å². The second-order valence-electron chi connectivity index (χ2n) is 6.39. The third-order valence-corrected chi connectivity index (χ3v) is 4.47. The van der Waals surface area contributed by atoms with Crippen LogP contribution in [0.4, 0.5) is 4.79 Å². The van der Waals surface area contributed by atoms with E-state index in [1.165, 1.54) is 0 Å². The van der Waals surface area contributed by atoms with E-state index in [-0.39, 0.29) is 18.0 Å². The summed E-state index contributed by atoms with van der Waals surface area (Å²) in [6.07, 6.45) is 2.64.